The first-order valence-corrected chi connectivity index (χ1v) is 11.2. The van der Waals surface area contributed by atoms with Gasteiger partial charge in [-0.15, -0.1) is 0 Å². The molecule has 29 heavy (non-hydrogen) atoms. The topological polar surface area (TPSA) is 92.5 Å². The molecule has 1 aromatic carbocycles. The highest BCUT2D eigenvalue weighted by molar-refractivity contribution is 7.91. The fourth-order valence-corrected chi connectivity index (χ4v) is 5.53. The van der Waals surface area contributed by atoms with Gasteiger partial charge in [-0.3, -0.25) is 9.78 Å². The van der Waals surface area contributed by atoms with Gasteiger partial charge in [-0.25, -0.2) is 8.42 Å². The molecule has 5 rings (SSSR count). The summed E-state index contributed by atoms with van der Waals surface area (Å²) in [4.78, 5) is 19.4. The number of carbonyl (C=O) groups excluding carboxylic acids is 1. The van der Waals surface area contributed by atoms with Gasteiger partial charge in [0.15, 0.2) is 0 Å². The van der Waals surface area contributed by atoms with Crippen LogP contribution in [0.1, 0.15) is 23.3 Å². The molecule has 0 spiro atoms. The van der Waals surface area contributed by atoms with Crippen molar-refractivity contribution in [2.24, 2.45) is 5.92 Å². The van der Waals surface area contributed by atoms with Gasteiger partial charge in [0, 0.05) is 42.8 Å². The van der Waals surface area contributed by atoms with Gasteiger partial charge in [0.05, 0.1) is 4.90 Å². The molecule has 1 N–H and O–H groups in total. The minimum atomic E-state index is -3.76. The molecule has 3 aromatic rings. The Morgan fingerprint density at radius 2 is 2.00 bits per heavy atom. The van der Waals surface area contributed by atoms with Crippen LogP contribution in [0, 0.1) is 5.92 Å². The smallest absolute Gasteiger partial charge is 0.270 e. The lowest BCUT2D eigenvalue weighted by molar-refractivity contribution is 0.0904. The quantitative estimate of drug-likeness (QED) is 0.709. The normalized spacial score (nSPS) is 23.9. The van der Waals surface area contributed by atoms with Gasteiger partial charge in [-0.1, -0.05) is 18.2 Å². The molecule has 7 nitrogen and oxygen atoms in total. The summed E-state index contributed by atoms with van der Waals surface area (Å²) >= 11 is 0. The van der Waals surface area contributed by atoms with Crippen molar-refractivity contribution in [2.45, 2.75) is 28.9 Å². The average molecular weight is 411 g/mol. The van der Waals surface area contributed by atoms with E-state index in [-0.39, 0.29) is 27.6 Å². The van der Waals surface area contributed by atoms with E-state index in [1.807, 2.05) is 0 Å². The summed E-state index contributed by atoms with van der Waals surface area (Å²) in [6.45, 7) is 3.10. The number of pyridine rings is 1. The monoisotopic (exact) mass is 411 g/mol. The molecule has 1 amide bonds. The fourth-order valence-electron chi connectivity index (χ4n) is 4.31. The zero-order valence-corrected chi connectivity index (χ0v) is 16.6. The van der Waals surface area contributed by atoms with Crippen molar-refractivity contribution in [3.05, 3.63) is 54.4 Å². The summed E-state index contributed by atoms with van der Waals surface area (Å²) < 4.78 is 31.1. The SMILES string of the molecule is O=C(N[C@@H]1C[C@H]2CCN(C2)C1)c1cc2oc(S(=O)(=O)c3ccccc3)cc2cn1. The number of hydrogen-bond acceptors (Lipinski definition) is 6. The summed E-state index contributed by atoms with van der Waals surface area (Å²) in [6, 6.07) is 11.2. The second kappa shape index (κ2) is 6.96. The summed E-state index contributed by atoms with van der Waals surface area (Å²) in [5, 5.41) is 3.44. The Morgan fingerprint density at radius 3 is 2.79 bits per heavy atom. The molecule has 2 bridgehead atoms. The van der Waals surface area contributed by atoms with E-state index in [9.17, 15) is 13.2 Å². The van der Waals surface area contributed by atoms with Gasteiger partial charge in [0.25, 0.3) is 5.91 Å². The number of furan rings is 1. The summed E-state index contributed by atoms with van der Waals surface area (Å²) in [7, 11) is -3.76. The van der Waals surface area contributed by atoms with Crippen LogP contribution in [-0.2, 0) is 9.84 Å². The van der Waals surface area contributed by atoms with E-state index in [1.54, 1.807) is 18.2 Å². The lowest BCUT2D eigenvalue weighted by Gasteiger charge is -2.30. The number of nitrogens with one attached hydrogen (secondary N) is 1. The Morgan fingerprint density at radius 1 is 1.17 bits per heavy atom. The molecular formula is C21H21N3O4S. The van der Waals surface area contributed by atoms with Gasteiger partial charge in [-0.2, -0.15) is 0 Å². The van der Waals surface area contributed by atoms with E-state index in [0.717, 1.165) is 26.1 Å². The van der Waals surface area contributed by atoms with Crippen LogP contribution in [0.4, 0.5) is 0 Å². The maximum atomic E-state index is 12.8. The van der Waals surface area contributed by atoms with Gasteiger partial charge in [0.1, 0.15) is 11.3 Å². The maximum Gasteiger partial charge on any atom is 0.270 e. The lowest BCUT2D eigenvalue weighted by Crippen LogP contribution is -2.47. The fraction of sp³-hybridized carbons (Fsp3) is 0.333. The van der Waals surface area contributed by atoms with E-state index in [4.69, 9.17) is 4.42 Å². The van der Waals surface area contributed by atoms with Crippen molar-refractivity contribution in [1.29, 1.82) is 0 Å². The number of sulfone groups is 1. The van der Waals surface area contributed by atoms with Gasteiger partial charge >= 0.3 is 0 Å². The third kappa shape index (κ3) is 3.42. The van der Waals surface area contributed by atoms with Gasteiger partial charge < -0.3 is 14.6 Å². The third-order valence-corrected chi connectivity index (χ3v) is 7.36. The number of fused-ring (bicyclic) bond motifs is 3. The van der Waals surface area contributed by atoms with E-state index in [2.05, 4.69) is 15.2 Å². The molecule has 0 aliphatic carbocycles. The molecule has 2 aromatic heterocycles. The van der Waals surface area contributed by atoms with Crippen molar-refractivity contribution in [1.82, 2.24) is 15.2 Å². The summed E-state index contributed by atoms with van der Waals surface area (Å²) in [6.07, 6.45) is 3.66. The van der Waals surface area contributed by atoms with Gasteiger partial charge in [-0.05, 0) is 37.4 Å². The summed E-state index contributed by atoms with van der Waals surface area (Å²) in [5.74, 6) is 0.392. The molecule has 2 saturated heterocycles. The van der Waals surface area contributed by atoms with E-state index >= 15 is 0 Å². The Bertz CT molecular complexity index is 1160. The molecule has 8 heteroatoms. The number of aromatic nitrogens is 1. The number of piperidine rings is 1. The third-order valence-electron chi connectivity index (χ3n) is 5.73. The van der Waals surface area contributed by atoms with Crippen LogP contribution in [0.5, 0.6) is 0 Å². The van der Waals surface area contributed by atoms with Crippen LogP contribution in [0.15, 0.2) is 63.1 Å². The predicted octanol–water partition coefficient (Wildman–Crippen LogP) is 2.48. The highest BCUT2D eigenvalue weighted by Gasteiger charge is 2.33. The second-order valence-electron chi connectivity index (χ2n) is 7.81. The Labute approximate surface area is 168 Å². The minimum absolute atomic E-state index is 0.117. The zero-order valence-electron chi connectivity index (χ0n) is 15.7. The first kappa shape index (κ1) is 18.3. The maximum absolute atomic E-state index is 12.8. The van der Waals surface area contributed by atoms with Crippen LogP contribution in [0.2, 0.25) is 0 Å². The van der Waals surface area contributed by atoms with Crippen molar-refractivity contribution in [2.75, 3.05) is 19.6 Å². The van der Waals surface area contributed by atoms with Crippen LogP contribution in [0.3, 0.4) is 0 Å². The Kier molecular flexibility index (Phi) is 4.40. The van der Waals surface area contributed by atoms with E-state index < -0.39 is 9.84 Å². The van der Waals surface area contributed by atoms with Crippen LogP contribution >= 0.6 is 0 Å². The molecule has 1 unspecified atom stereocenters. The summed E-state index contributed by atoms with van der Waals surface area (Å²) in [5.41, 5.74) is 0.551. The highest BCUT2D eigenvalue weighted by Crippen LogP contribution is 2.29. The van der Waals surface area contributed by atoms with Crippen LogP contribution in [-0.4, -0.2) is 49.9 Å². The molecule has 0 radical (unpaired) electrons. The highest BCUT2D eigenvalue weighted by atomic mass is 32.2. The van der Waals surface area contributed by atoms with E-state index in [0.29, 0.717) is 16.9 Å². The predicted molar refractivity (Wildman–Crippen MR) is 106 cm³/mol. The molecule has 2 fully saturated rings. The molecule has 4 heterocycles. The van der Waals surface area contributed by atoms with Crippen LogP contribution < -0.4 is 5.32 Å². The van der Waals surface area contributed by atoms with E-state index in [1.165, 1.54) is 36.9 Å². The number of benzene rings is 1. The number of nitrogens with zero attached hydrogens (tertiary/aromatic N) is 2. The van der Waals surface area contributed by atoms with Crippen molar-refractivity contribution in [3.63, 3.8) is 0 Å². The van der Waals surface area contributed by atoms with Crippen LogP contribution in [0.25, 0.3) is 11.0 Å². The first-order chi connectivity index (χ1) is 14.0. The standard InChI is InChI=1S/C21H21N3O4S/c25-21(23-16-8-14-6-7-24(12-14)13-16)18-10-19-15(11-22-18)9-20(28-19)29(26,27)17-4-2-1-3-5-17/h1-5,9-11,14,16H,6-8,12-13H2,(H,23,25)/t14-,16-/m1/s1. The molecule has 2 aliphatic heterocycles. The lowest BCUT2D eigenvalue weighted by atomic mass is 9.97. The van der Waals surface area contributed by atoms with Gasteiger partial charge in [0.2, 0.25) is 14.9 Å². The Hall–Kier alpha value is -2.71. The number of rotatable bonds is 4. The number of hydrogen-bond donors (Lipinski definition) is 1. The Balaban J connectivity index is 1.39. The second-order valence-corrected chi connectivity index (χ2v) is 9.69. The average Bonchev–Trinajstić information content (AvgIpc) is 3.31. The molecule has 0 saturated carbocycles. The number of carbonyl (C=O) groups is 1. The first-order valence-electron chi connectivity index (χ1n) is 9.72. The zero-order chi connectivity index (χ0) is 20.0. The molecular weight excluding hydrogens is 390 g/mol. The number of amides is 1. The van der Waals surface area contributed by atoms with Crippen molar-refractivity contribution in [3.8, 4) is 0 Å². The molecule has 2 aliphatic rings. The minimum Gasteiger partial charge on any atom is -0.444 e. The van der Waals surface area contributed by atoms with Crippen molar-refractivity contribution >= 4 is 26.7 Å². The van der Waals surface area contributed by atoms with Crippen molar-refractivity contribution < 1.29 is 17.6 Å². The molecule has 150 valence electrons. The molecule has 3 atom stereocenters. The largest absolute Gasteiger partial charge is 0.444 e.